The third-order valence-corrected chi connectivity index (χ3v) is 5.51. The van der Waals surface area contributed by atoms with Crippen molar-refractivity contribution in [1.29, 1.82) is 0 Å². The maximum Gasteiger partial charge on any atom is 0.334 e. The molecule has 0 aliphatic carbocycles. The smallest absolute Gasteiger partial charge is 0.334 e. The van der Waals surface area contributed by atoms with E-state index in [1.807, 2.05) is 0 Å². The van der Waals surface area contributed by atoms with Crippen molar-refractivity contribution >= 4 is 24.0 Å². The van der Waals surface area contributed by atoms with Crippen molar-refractivity contribution in [2.24, 2.45) is 9.98 Å². The van der Waals surface area contributed by atoms with E-state index < -0.39 is 41.8 Å². The van der Waals surface area contributed by atoms with Crippen molar-refractivity contribution in [3.8, 4) is 0 Å². The number of aliphatic imine (C=N–C) groups is 2. The Morgan fingerprint density at radius 1 is 1.39 bits per heavy atom. The number of ether oxygens (including phenoxy) is 1. The minimum atomic E-state index is -2.00. The summed E-state index contributed by atoms with van der Waals surface area (Å²) in [6.07, 6.45) is -1.09. The minimum absolute atomic E-state index is 0.0428. The van der Waals surface area contributed by atoms with E-state index in [4.69, 9.17) is 4.74 Å². The summed E-state index contributed by atoms with van der Waals surface area (Å²) in [5, 5.41) is 50.0. The van der Waals surface area contributed by atoms with Crippen molar-refractivity contribution in [3.05, 3.63) is 12.0 Å². The van der Waals surface area contributed by atoms with E-state index in [1.54, 1.807) is 4.57 Å². The van der Waals surface area contributed by atoms with Crippen LogP contribution in [-0.4, -0.2) is 94.3 Å². The number of aliphatic hydroxyl groups excluding tert-OH is 3. The SMILES string of the molecule is C[C@]1(C(=O)O)N=C2c3ncn(C4CC(O)C(CO)O4)c3N=CN2[C@](C)(O)C1O. The van der Waals surface area contributed by atoms with Gasteiger partial charge in [0.15, 0.2) is 28.6 Å². The van der Waals surface area contributed by atoms with Gasteiger partial charge < -0.3 is 30.3 Å². The number of rotatable bonds is 3. The lowest BCUT2D eigenvalue weighted by molar-refractivity contribution is -0.173. The number of amidine groups is 1. The number of fused-ring (bicyclic) bond motifs is 3. The van der Waals surface area contributed by atoms with E-state index in [2.05, 4.69) is 15.0 Å². The fourth-order valence-electron chi connectivity index (χ4n) is 3.73. The van der Waals surface area contributed by atoms with Crippen LogP contribution < -0.4 is 0 Å². The number of carbonyl (C=O) groups is 1. The number of aliphatic carboxylic acids is 1. The van der Waals surface area contributed by atoms with Crippen LogP contribution >= 0.6 is 0 Å². The molecule has 0 radical (unpaired) electrons. The molecule has 6 atom stereocenters. The number of aromatic nitrogens is 2. The zero-order valence-electron chi connectivity index (χ0n) is 15.2. The zero-order chi connectivity index (χ0) is 20.4. The molecule has 4 rings (SSSR count). The Kier molecular flexibility index (Phi) is 4.10. The highest BCUT2D eigenvalue weighted by molar-refractivity contribution is 6.11. The van der Waals surface area contributed by atoms with Gasteiger partial charge in [0, 0.05) is 6.42 Å². The predicted molar refractivity (Wildman–Crippen MR) is 93.0 cm³/mol. The first kappa shape index (κ1) is 19.0. The van der Waals surface area contributed by atoms with E-state index in [9.17, 15) is 30.3 Å². The molecule has 0 saturated carbocycles. The van der Waals surface area contributed by atoms with Gasteiger partial charge in [-0.05, 0) is 13.8 Å². The molecule has 1 saturated heterocycles. The van der Waals surface area contributed by atoms with Crippen LogP contribution in [0.1, 0.15) is 32.2 Å². The van der Waals surface area contributed by atoms with E-state index >= 15 is 0 Å². The van der Waals surface area contributed by atoms with Crippen LogP contribution in [0.25, 0.3) is 0 Å². The van der Waals surface area contributed by atoms with Gasteiger partial charge in [0.2, 0.25) is 0 Å². The summed E-state index contributed by atoms with van der Waals surface area (Å²) in [4.78, 5) is 25.6. The van der Waals surface area contributed by atoms with Crippen LogP contribution in [0.5, 0.6) is 0 Å². The maximum atomic E-state index is 11.8. The summed E-state index contributed by atoms with van der Waals surface area (Å²) in [6, 6.07) is 0. The molecule has 0 aromatic carbocycles. The Morgan fingerprint density at radius 2 is 2.11 bits per heavy atom. The zero-order valence-corrected chi connectivity index (χ0v) is 15.2. The lowest BCUT2D eigenvalue weighted by Gasteiger charge is -2.48. The molecule has 0 spiro atoms. The second-order valence-electron chi connectivity index (χ2n) is 7.44. The molecule has 1 fully saturated rings. The molecule has 12 nitrogen and oxygen atoms in total. The molecule has 5 N–H and O–H groups in total. The number of hydrogen-bond donors (Lipinski definition) is 5. The van der Waals surface area contributed by atoms with Gasteiger partial charge in [-0.1, -0.05) is 0 Å². The Labute approximate surface area is 159 Å². The van der Waals surface area contributed by atoms with Gasteiger partial charge in [0.1, 0.15) is 24.8 Å². The average Bonchev–Trinajstić information content (AvgIpc) is 3.23. The number of imidazole rings is 1. The molecule has 152 valence electrons. The molecule has 4 unspecified atom stereocenters. The minimum Gasteiger partial charge on any atom is -0.479 e. The highest BCUT2D eigenvalue weighted by Gasteiger charge is 2.58. The van der Waals surface area contributed by atoms with E-state index in [0.29, 0.717) is 5.82 Å². The molecule has 28 heavy (non-hydrogen) atoms. The maximum absolute atomic E-state index is 11.8. The fourth-order valence-corrected chi connectivity index (χ4v) is 3.73. The highest BCUT2D eigenvalue weighted by atomic mass is 16.5. The topological polar surface area (TPSA) is 173 Å². The van der Waals surface area contributed by atoms with Crippen molar-refractivity contribution in [2.75, 3.05) is 6.61 Å². The Hall–Kier alpha value is -2.38. The summed E-state index contributed by atoms with van der Waals surface area (Å²) in [5.41, 5.74) is -3.78. The number of aliphatic hydroxyl groups is 4. The second-order valence-corrected chi connectivity index (χ2v) is 7.44. The van der Waals surface area contributed by atoms with Gasteiger partial charge >= 0.3 is 5.97 Å². The van der Waals surface area contributed by atoms with Crippen LogP contribution in [0.4, 0.5) is 5.82 Å². The molecule has 4 heterocycles. The Bertz CT molecular complexity index is 881. The van der Waals surface area contributed by atoms with Crippen molar-refractivity contribution in [2.45, 2.75) is 56.1 Å². The molecule has 3 aliphatic rings. The van der Waals surface area contributed by atoms with E-state index in [-0.39, 0.29) is 24.6 Å². The quantitative estimate of drug-likeness (QED) is 0.394. The monoisotopic (exact) mass is 395 g/mol. The molecular formula is C16H21N5O7. The first-order chi connectivity index (χ1) is 13.1. The summed E-state index contributed by atoms with van der Waals surface area (Å²) < 4.78 is 7.16. The Morgan fingerprint density at radius 3 is 2.71 bits per heavy atom. The van der Waals surface area contributed by atoms with Crippen LogP contribution in [0.2, 0.25) is 0 Å². The third kappa shape index (κ3) is 2.42. The van der Waals surface area contributed by atoms with Crippen molar-refractivity contribution < 1.29 is 35.1 Å². The predicted octanol–water partition coefficient (Wildman–Crippen LogP) is -1.83. The normalized spacial score (nSPS) is 39.5. The first-order valence-electron chi connectivity index (χ1n) is 8.70. The van der Waals surface area contributed by atoms with Gasteiger partial charge in [-0.15, -0.1) is 0 Å². The van der Waals surface area contributed by atoms with Gasteiger partial charge in [0.25, 0.3) is 0 Å². The summed E-state index contributed by atoms with van der Waals surface area (Å²) in [7, 11) is 0. The van der Waals surface area contributed by atoms with Gasteiger partial charge in [-0.3, -0.25) is 9.47 Å². The van der Waals surface area contributed by atoms with Gasteiger partial charge in [0.05, 0.1) is 19.0 Å². The lowest BCUT2D eigenvalue weighted by Crippen LogP contribution is -2.69. The second kappa shape index (κ2) is 6.06. The van der Waals surface area contributed by atoms with Crippen LogP contribution in [0.15, 0.2) is 16.3 Å². The number of nitrogens with zero attached hydrogens (tertiary/aromatic N) is 5. The fraction of sp³-hybridized carbons (Fsp3) is 0.625. The van der Waals surface area contributed by atoms with Crippen LogP contribution in [-0.2, 0) is 9.53 Å². The van der Waals surface area contributed by atoms with E-state index in [1.165, 1.54) is 31.4 Å². The van der Waals surface area contributed by atoms with Gasteiger partial charge in [-0.25, -0.2) is 19.8 Å². The van der Waals surface area contributed by atoms with Gasteiger partial charge in [-0.2, -0.15) is 0 Å². The lowest BCUT2D eigenvalue weighted by atomic mass is 9.85. The number of carboxylic acids is 1. The molecule has 1 aromatic heterocycles. The van der Waals surface area contributed by atoms with Crippen LogP contribution in [0.3, 0.4) is 0 Å². The average molecular weight is 395 g/mol. The first-order valence-corrected chi connectivity index (χ1v) is 8.70. The summed E-state index contributed by atoms with van der Waals surface area (Å²) >= 11 is 0. The number of carboxylic acid groups (broad SMARTS) is 1. The molecule has 3 aliphatic heterocycles. The highest BCUT2D eigenvalue weighted by Crippen LogP contribution is 2.40. The Balaban J connectivity index is 1.79. The number of hydrogen-bond acceptors (Lipinski definition) is 10. The molecular weight excluding hydrogens is 374 g/mol. The van der Waals surface area contributed by atoms with Crippen molar-refractivity contribution in [3.63, 3.8) is 0 Å². The summed E-state index contributed by atoms with van der Waals surface area (Å²) in [5.74, 6) is -1.06. The standard InChI is InChI=1S/C16H21N5O7/c1-15(14(25)26)13(24)16(2,27)21-6-18-11-10(12(21)19-15)17-5-20(11)9-3-7(23)8(4-22)28-9/h5-9,13,22-24,27H,3-4H2,1-2H3,(H,25,26)/t7?,8?,9?,13?,15-,16+/m0/s1. The third-order valence-electron chi connectivity index (χ3n) is 5.51. The molecule has 1 aromatic rings. The summed E-state index contributed by atoms with van der Waals surface area (Å²) in [6.45, 7) is 2.14. The molecule has 0 amide bonds. The van der Waals surface area contributed by atoms with Crippen molar-refractivity contribution in [1.82, 2.24) is 14.5 Å². The molecule has 0 bridgehead atoms. The van der Waals surface area contributed by atoms with Crippen LogP contribution in [0, 0.1) is 0 Å². The largest absolute Gasteiger partial charge is 0.479 e. The van der Waals surface area contributed by atoms with E-state index in [0.717, 1.165) is 0 Å². The molecule has 12 heteroatoms.